The lowest BCUT2D eigenvalue weighted by Crippen LogP contribution is -2.43. The first-order valence-electron chi connectivity index (χ1n) is 9.88. The molecule has 0 atom stereocenters. The molecule has 3 rings (SSSR count). The van der Waals surface area contributed by atoms with Crippen molar-refractivity contribution in [2.45, 2.75) is 24.3 Å². The predicted octanol–water partition coefficient (Wildman–Crippen LogP) is 2.76. The number of benzene rings is 2. The van der Waals surface area contributed by atoms with Crippen LogP contribution < -0.4 is 9.47 Å². The summed E-state index contributed by atoms with van der Waals surface area (Å²) in [4.78, 5) is 14.8. The second-order valence-electron chi connectivity index (χ2n) is 7.36. The van der Waals surface area contributed by atoms with Crippen LogP contribution in [0.5, 0.6) is 11.5 Å². The van der Waals surface area contributed by atoms with Crippen molar-refractivity contribution in [3.63, 3.8) is 0 Å². The number of nitrogens with zero attached hydrogens (tertiary/aromatic N) is 2. The first-order chi connectivity index (χ1) is 14.4. The summed E-state index contributed by atoms with van der Waals surface area (Å²) in [6, 6.07) is 14.0. The normalized spacial score (nSPS) is 15.6. The second-order valence-corrected chi connectivity index (χ2v) is 9.30. The molecular formula is C22H28N2O5S. The quantitative estimate of drug-likeness (QED) is 0.673. The number of carbonyl (C=O) groups excluding carboxylic acids is 1. The van der Waals surface area contributed by atoms with Gasteiger partial charge in [0.15, 0.2) is 0 Å². The molecule has 0 aromatic heterocycles. The SMILES string of the molecule is COc1ccc(S(=O)(=O)N2CCC(C(=O)N(C)Cc3ccccc3OC)CC2)cc1. The Morgan fingerprint density at radius 1 is 1.03 bits per heavy atom. The fraction of sp³-hybridized carbons (Fsp3) is 0.409. The van der Waals surface area contributed by atoms with Gasteiger partial charge in [-0.15, -0.1) is 0 Å². The smallest absolute Gasteiger partial charge is 0.243 e. The van der Waals surface area contributed by atoms with E-state index in [-0.39, 0.29) is 16.7 Å². The molecule has 0 spiro atoms. The van der Waals surface area contributed by atoms with Crippen LogP contribution in [0.1, 0.15) is 18.4 Å². The van der Waals surface area contributed by atoms with Crippen LogP contribution >= 0.6 is 0 Å². The van der Waals surface area contributed by atoms with Gasteiger partial charge in [0.05, 0.1) is 19.1 Å². The zero-order chi connectivity index (χ0) is 21.7. The van der Waals surface area contributed by atoms with Crippen molar-refractivity contribution in [2.24, 2.45) is 5.92 Å². The van der Waals surface area contributed by atoms with Crippen LogP contribution in [-0.4, -0.2) is 57.9 Å². The summed E-state index contributed by atoms with van der Waals surface area (Å²) in [6.45, 7) is 1.10. The first-order valence-corrected chi connectivity index (χ1v) is 11.3. The van der Waals surface area contributed by atoms with Crippen molar-refractivity contribution in [1.82, 2.24) is 9.21 Å². The molecule has 0 unspecified atom stereocenters. The number of carbonyl (C=O) groups is 1. The maximum Gasteiger partial charge on any atom is 0.243 e. The maximum absolute atomic E-state index is 12.9. The van der Waals surface area contributed by atoms with E-state index in [2.05, 4.69) is 0 Å². The monoisotopic (exact) mass is 432 g/mol. The van der Waals surface area contributed by atoms with E-state index in [1.54, 1.807) is 43.3 Å². The molecule has 162 valence electrons. The third kappa shape index (κ3) is 4.76. The molecule has 7 nitrogen and oxygen atoms in total. The van der Waals surface area contributed by atoms with E-state index in [9.17, 15) is 13.2 Å². The highest BCUT2D eigenvalue weighted by Crippen LogP contribution is 2.27. The fourth-order valence-electron chi connectivity index (χ4n) is 3.72. The van der Waals surface area contributed by atoms with Crippen LogP contribution in [0, 0.1) is 5.92 Å². The first kappa shape index (κ1) is 22.1. The van der Waals surface area contributed by atoms with E-state index < -0.39 is 10.0 Å². The van der Waals surface area contributed by atoms with Crippen LogP contribution in [0.2, 0.25) is 0 Å². The van der Waals surface area contributed by atoms with Crippen LogP contribution in [0.15, 0.2) is 53.4 Å². The summed E-state index contributed by atoms with van der Waals surface area (Å²) in [5, 5.41) is 0. The van der Waals surface area contributed by atoms with Gasteiger partial charge in [-0.25, -0.2) is 8.42 Å². The van der Waals surface area contributed by atoms with Crippen molar-refractivity contribution in [3.05, 3.63) is 54.1 Å². The Balaban J connectivity index is 1.60. The molecule has 2 aromatic rings. The molecule has 0 aliphatic carbocycles. The minimum atomic E-state index is -3.58. The topological polar surface area (TPSA) is 76.2 Å². The van der Waals surface area contributed by atoms with E-state index in [0.29, 0.717) is 38.2 Å². The molecule has 2 aromatic carbocycles. The minimum absolute atomic E-state index is 0.0300. The van der Waals surface area contributed by atoms with Gasteiger partial charge in [0.25, 0.3) is 0 Å². The predicted molar refractivity (Wildman–Crippen MR) is 114 cm³/mol. The number of amides is 1. The highest BCUT2D eigenvalue weighted by molar-refractivity contribution is 7.89. The van der Waals surface area contributed by atoms with Crippen molar-refractivity contribution < 1.29 is 22.7 Å². The Labute approximate surface area is 178 Å². The molecule has 30 heavy (non-hydrogen) atoms. The second kappa shape index (κ2) is 9.49. The number of ether oxygens (including phenoxy) is 2. The molecule has 0 bridgehead atoms. The molecule has 1 fully saturated rings. The molecule has 1 saturated heterocycles. The summed E-state index contributed by atoms with van der Waals surface area (Å²) < 4.78 is 37.7. The number of methoxy groups -OCH3 is 2. The summed E-state index contributed by atoms with van der Waals surface area (Å²) in [6.07, 6.45) is 1.01. The molecule has 1 amide bonds. The zero-order valence-electron chi connectivity index (χ0n) is 17.6. The van der Waals surface area contributed by atoms with E-state index in [0.717, 1.165) is 11.3 Å². The van der Waals surface area contributed by atoms with Crippen LogP contribution in [0.4, 0.5) is 0 Å². The molecule has 1 aliphatic heterocycles. The van der Waals surface area contributed by atoms with Crippen molar-refractivity contribution in [2.75, 3.05) is 34.4 Å². The molecular weight excluding hydrogens is 404 g/mol. The lowest BCUT2D eigenvalue weighted by Gasteiger charge is -2.32. The van der Waals surface area contributed by atoms with E-state index in [1.165, 1.54) is 11.4 Å². The Kier molecular flexibility index (Phi) is 6.99. The molecule has 0 N–H and O–H groups in total. The lowest BCUT2D eigenvalue weighted by atomic mass is 9.96. The van der Waals surface area contributed by atoms with Gasteiger partial charge in [0.1, 0.15) is 11.5 Å². The van der Waals surface area contributed by atoms with E-state index in [1.807, 2.05) is 24.3 Å². The average molecular weight is 433 g/mol. The summed E-state index contributed by atoms with van der Waals surface area (Å²) >= 11 is 0. The third-order valence-electron chi connectivity index (χ3n) is 5.48. The van der Waals surface area contributed by atoms with Crippen LogP contribution in [-0.2, 0) is 21.4 Å². The standard InChI is InChI=1S/C22H28N2O5S/c1-23(16-18-6-4-5-7-21(18)29-3)22(25)17-12-14-24(15-13-17)30(26,27)20-10-8-19(28-2)9-11-20/h4-11,17H,12-16H2,1-3H3. The third-order valence-corrected chi connectivity index (χ3v) is 7.39. The minimum Gasteiger partial charge on any atom is -0.497 e. The van der Waals surface area contributed by atoms with Gasteiger partial charge in [-0.3, -0.25) is 4.79 Å². The lowest BCUT2D eigenvalue weighted by molar-refractivity contribution is -0.135. The Bertz CT molecular complexity index is 967. The largest absolute Gasteiger partial charge is 0.497 e. The number of piperidine rings is 1. The zero-order valence-corrected chi connectivity index (χ0v) is 18.4. The molecule has 1 heterocycles. The summed E-state index contributed by atoms with van der Waals surface area (Å²) in [5.74, 6) is 1.20. The van der Waals surface area contributed by atoms with Gasteiger partial charge in [-0.2, -0.15) is 4.31 Å². The average Bonchev–Trinajstić information content (AvgIpc) is 2.79. The molecule has 8 heteroatoms. The van der Waals surface area contributed by atoms with E-state index >= 15 is 0 Å². The van der Waals surface area contributed by atoms with Crippen molar-refractivity contribution >= 4 is 15.9 Å². The Morgan fingerprint density at radius 3 is 2.27 bits per heavy atom. The highest BCUT2D eigenvalue weighted by Gasteiger charge is 2.33. The molecule has 0 radical (unpaired) electrons. The molecule has 1 aliphatic rings. The number of hydrogen-bond acceptors (Lipinski definition) is 5. The van der Waals surface area contributed by atoms with Crippen LogP contribution in [0.25, 0.3) is 0 Å². The Morgan fingerprint density at radius 2 is 1.67 bits per heavy atom. The van der Waals surface area contributed by atoms with Crippen LogP contribution in [0.3, 0.4) is 0 Å². The summed E-state index contributed by atoms with van der Waals surface area (Å²) in [7, 11) is 1.34. The van der Waals surface area contributed by atoms with Gasteiger partial charge in [-0.1, -0.05) is 18.2 Å². The molecule has 0 saturated carbocycles. The van der Waals surface area contributed by atoms with Gasteiger partial charge < -0.3 is 14.4 Å². The summed E-state index contributed by atoms with van der Waals surface area (Å²) in [5.41, 5.74) is 0.940. The fourth-order valence-corrected chi connectivity index (χ4v) is 5.19. The highest BCUT2D eigenvalue weighted by atomic mass is 32.2. The number of rotatable bonds is 7. The van der Waals surface area contributed by atoms with Gasteiger partial charge in [-0.05, 0) is 43.2 Å². The van der Waals surface area contributed by atoms with Gasteiger partial charge in [0, 0.05) is 38.2 Å². The number of para-hydroxylation sites is 1. The van der Waals surface area contributed by atoms with Gasteiger partial charge >= 0.3 is 0 Å². The van der Waals surface area contributed by atoms with Crippen molar-refractivity contribution in [1.29, 1.82) is 0 Å². The van der Waals surface area contributed by atoms with E-state index in [4.69, 9.17) is 9.47 Å². The number of sulfonamides is 1. The van der Waals surface area contributed by atoms with Crippen molar-refractivity contribution in [3.8, 4) is 11.5 Å². The Hall–Kier alpha value is -2.58. The van der Waals surface area contributed by atoms with Gasteiger partial charge in [0.2, 0.25) is 15.9 Å². The maximum atomic E-state index is 12.9. The number of hydrogen-bond donors (Lipinski definition) is 0.